The number of unbranched alkanes of at least 4 members (excludes halogenated alkanes) is 1. The molecule has 0 aliphatic heterocycles. The van der Waals surface area contributed by atoms with Gasteiger partial charge in [-0.3, -0.25) is 14.7 Å². The number of nitrogens with two attached hydrogens (primary N) is 1. The Labute approximate surface area is 369 Å². The molecule has 334 valence electrons. The summed E-state index contributed by atoms with van der Waals surface area (Å²) in [7, 11) is -0.681. The quantitative estimate of drug-likeness (QED) is 0.0464. The molecule has 0 unspecified atom stereocenters. The second-order valence-corrected chi connectivity index (χ2v) is 23.0. The number of rotatable bonds is 16. The van der Waals surface area contributed by atoms with Crippen LogP contribution in [0.15, 0.2) is 98.9 Å². The zero-order valence-electron chi connectivity index (χ0n) is 37.2. The van der Waals surface area contributed by atoms with Crippen LogP contribution in [0, 0.1) is 0 Å². The van der Waals surface area contributed by atoms with Crippen LogP contribution < -0.4 is 32.4 Å². The van der Waals surface area contributed by atoms with E-state index in [4.69, 9.17) is 24.1 Å². The number of aromatic amines is 1. The molecule has 0 spiro atoms. The third-order valence-electron chi connectivity index (χ3n) is 12.7. The average molecular weight is 876 g/mol. The molecule has 1 saturated carbocycles. The van der Waals surface area contributed by atoms with Crippen molar-refractivity contribution in [1.29, 1.82) is 0 Å². The maximum absolute atomic E-state index is 13.2. The monoisotopic (exact) mass is 875 g/mol. The van der Waals surface area contributed by atoms with Crippen LogP contribution in [0.2, 0.25) is 18.1 Å². The third kappa shape index (κ3) is 10.8. The summed E-state index contributed by atoms with van der Waals surface area (Å²) in [6.07, 6.45) is 4.46. The van der Waals surface area contributed by atoms with Crippen LogP contribution in [0.4, 0.5) is 10.5 Å². The third-order valence-corrected chi connectivity index (χ3v) is 17.2. The molecule has 14 heteroatoms. The Morgan fingerprint density at radius 1 is 0.984 bits per heavy atom. The number of hydrogen-bond donors (Lipinski definition) is 5. The number of fused-ring (bicyclic) bond motifs is 2. The van der Waals surface area contributed by atoms with Gasteiger partial charge in [-0.2, -0.15) is 0 Å². The Morgan fingerprint density at radius 2 is 1.75 bits per heavy atom. The van der Waals surface area contributed by atoms with Crippen LogP contribution in [-0.2, 0) is 28.7 Å². The Morgan fingerprint density at radius 3 is 2.48 bits per heavy atom. The van der Waals surface area contributed by atoms with Gasteiger partial charge in [-0.15, -0.1) is 0 Å². The zero-order chi connectivity index (χ0) is 44.9. The molecule has 2 heterocycles. The Kier molecular flexibility index (Phi) is 14.0. The van der Waals surface area contributed by atoms with E-state index in [0.717, 1.165) is 66.3 Å². The number of methoxy groups -OCH3 is 1. The number of hydrogen-bond acceptors (Lipinski definition) is 10. The van der Waals surface area contributed by atoms with Crippen molar-refractivity contribution in [3.63, 3.8) is 0 Å². The first kappa shape index (κ1) is 45.4. The molecule has 1 amide bonds. The molecule has 1 fully saturated rings. The predicted octanol–water partition coefficient (Wildman–Crippen LogP) is 9.51. The van der Waals surface area contributed by atoms with E-state index in [1.54, 1.807) is 23.8 Å². The smallest absolute Gasteiger partial charge is 0.419 e. The number of nitrogens with zero attached hydrogens (tertiary/aromatic N) is 1. The first-order valence-electron chi connectivity index (χ1n) is 22.0. The number of anilines is 1. The van der Waals surface area contributed by atoms with Gasteiger partial charge in [-0.1, -0.05) is 69.3 Å². The number of benzene rings is 4. The Hall–Kier alpha value is -5.67. The first-order valence-corrected chi connectivity index (χ1v) is 24.9. The minimum absolute atomic E-state index is 0.00554. The summed E-state index contributed by atoms with van der Waals surface area (Å²) >= 11 is 0. The number of phenolic OH excluding ortho intramolecular Hbond substituents is 1. The molecule has 63 heavy (non-hydrogen) atoms. The summed E-state index contributed by atoms with van der Waals surface area (Å²) in [5.41, 5.74) is 12.6. The lowest BCUT2D eigenvalue weighted by molar-refractivity contribution is 0.0826. The van der Waals surface area contributed by atoms with Crippen LogP contribution in [-0.4, -0.2) is 54.9 Å². The molecular formula is C49H61N5O8Si. The fourth-order valence-corrected chi connectivity index (χ4v) is 9.39. The maximum Gasteiger partial charge on any atom is 0.419 e. The van der Waals surface area contributed by atoms with Crippen molar-refractivity contribution < 1.29 is 28.2 Å². The molecule has 1 atom stereocenters. The highest BCUT2D eigenvalue weighted by molar-refractivity contribution is 6.74. The van der Waals surface area contributed by atoms with Gasteiger partial charge >= 0.3 is 11.8 Å². The summed E-state index contributed by atoms with van der Waals surface area (Å²) in [6.45, 7) is 12.2. The molecule has 0 radical (unpaired) electrons. The molecular weight excluding hydrogens is 815 g/mol. The average Bonchev–Trinajstić information content (AvgIpc) is 3.55. The van der Waals surface area contributed by atoms with Crippen LogP contribution in [0.5, 0.6) is 11.5 Å². The van der Waals surface area contributed by atoms with Gasteiger partial charge in [0.25, 0.3) is 0 Å². The van der Waals surface area contributed by atoms with E-state index in [2.05, 4.69) is 55.5 Å². The van der Waals surface area contributed by atoms with Gasteiger partial charge in [0.2, 0.25) is 5.56 Å². The number of phenols is 1. The highest BCUT2D eigenvalue weighted by atomic mass is 28.4. The summed E-state index contributed by atoms with van der Waals surface area (Å²) in [6, 6.07) is 26.6. The molecule has 6 N–H and O–H groups in total. The Bertz CT molecular complexity index is 2660. The zero-order valence-corrected chi connectivity index (χ0v) is 38.2. The van der Waals surface area contributed by atoms with Crippen molar-refractivity contribution in [2.45, 2.75) is 115 Å². The standard InChI is InChI=1S/C49H61N5O8Si/c1-49(2,3)63(5,6)62-44(37-21-23-41(55)46-38(37)22-24-45(56)53-46)30-51-29-33-27-43-40(28-42(33)59-4)54(48(58)61-43)25-11-10-12-31-15-20-36(32-13-8-7-9-14-32)39(26-31)52-47(57)60-35-18-16-34(50)17-19-35/h7-9,13-15,20-24,26-28,34-35,44,51,55H,10-12,16-19,25,29-30,50H2,1-6H3,(H,52,57)(H,53,56)/t34-,35-,44-/m0/s1. The van der Waals surface area contributed by atoms with Crippen molar-refractivity contribution in [2.75, 3.05) is 19.0 Å². The van der Waals surface area contributed by atoms with E-state index in [1.165, 1.54) is 6.07 Å². The first-order chi connectivity index (χ1) is 30.1. The second kappa shape index (κ2) is 19.4. The van der Waals surface area contributed by atoms with Gasteiger partial charge in [-0.25, -0.2) is 9.59 Å². The summed E-state index contributed by atoms with van der Waals surface area (Å²) in [5, 5.41) is 17.8. The summed E-state index contributed by atoms with van der Waals surface area (Å²) in [4.78, 5) is 41.3. The molecule has 0 saturated heterocycles. The number of aromatic hydroxyl groups is 1. The summed E-state index contributed by atoms with van der Waals surface area (Å²) in [5.74, 6) is 0.173. The van der Waals surface area contributed by atoms with Gasteiger partial charge < -0.3 is 39.5 Å². The van der Waals surface area contributed by atoms with E-state index >= 15 is 0 Å². The number of ether oxygens (including phenoxy) is 2. The molecule has 13 nitrogen and oxygen atoms in total. The van der Waals surface area contributed by atoms with Crippen LogP contribution in [0.25, 0.3) is 33.1 Å². The Balaban J connectivity index is 1.02. The highest BCUT2D eigenvalue weighted by Gasteiger charge is 2.40. The maximum atomic E-state index is 13.2. The van der Waals surface area contributed by atoms with Gasteiger partial charge in [0.15, 0.2) is 13.9 Å². The lowest BCUT2D eigenvalue weighted by Gasteiger charge is -2.39. The number of aromatic nitrogens is 2. The van der Waals surface area contributed by atoms with E-state index in [-0.39, 0.29) is 28.5 Å². The number of H-pyrrole nitrogens is 1. The van der Waals surface area contributed by atoms with Crippen molar-refractivity contribution in [3.8, 4) is 22.6 Å². The van der Waals surface area contributed by atoms with E-state index in [1.807, 2.05) is 60.7 Å². The minimum Gasteiger partial charge on any atom is -0.506 e. The normalized spacial score (nSPS) is 16.3. The lowest BCUT2D eigenvalue weighted by Crippen LogP contribution is -2.43. The number of carbonyl (C=O) groups excluding carboxylic acids is 1. The molecule has 0 bridgehead atoms. The molecule has 7 rings (SSSR count). The number of amides is 1. The van der Waals surface area contributed by atoms with Gasteiger partial charge in [-0.05, 0) is 104 Å². The molecule has 1 aliphatic rings. The van der Waals surface area contributed by atoms with Crippen LogP contribution in [0.1, 0.15) is 82.1 Å². The van der Waals surface area contributed by atoms with Crippen molar-refractivity contribution in [2.24, 2.45) is 5.73 Å². The van der Waals surface area contributed by atoms with Crippen molar-refractivity contribution >= 4 is 42.1 Å². The van der Waals surface area contributed by atoms with Crippen LogP contribution in [0.3, 0.4) is 0 Å². The van der Waals surface area contributed by atoms with E-state index in [9.17, 15) is 19.5 Å². The van der Waals surface area contributed by atoms with Crippen molar-refractivity contribution in [1.82, 2.24) is 14.9 Å². The lowest BCUT2D eigenvalue weighted by atomic mass is 9.94. The molecule has 1 aliphatic carbocycles. The van der Waals surface area contributed by atoms with E-state index in [0.29, 0.717) is 59.5 Å². The molecule has 6 aromatic rings. The molecule has 4 aromatic carbocycles. The number of oxazole rings is 1. The fraction of sp³-hybridized carbons (Fsp3) is 0.408. The van der Waals surface area contributed by atoms with Gasteiger partial charge in [0.1, 0.15) is 17.6 Å². The predicted molar refractivity (Wildman–Crippen MR) is 251 cm³/mol. The number of carbonyl (C=O) groups is 1. The van der Waals surface area contributed by atoms with Gasteiger partial charge in [0, 0.05) is 54.3 Å². The fourth-order valence-electron chi connectivity index (χ4n) is 8.11. The minimum atomic E-state index is -2.29. The number of aryl methyl sites for hydroxylation is 2. The highest BCUT2D eigenvalue weighted by Crippen LogP contribution is 2.41. The van der Waals surface area contributed by atoms with Crippen molar-refractivity contribution in [3.05, 3.63) is 123 Å². The topological polar surface area (TPSA) is 183 Å². The SMILES string of the molecule is COc1cc2c(cc1CNC[C@H](O[Si](C)(C)C(C)(C)C)c1ccc(O)c3[nH]c(=O)ccc13)oc(=O)n2CCCCc1ccc(-c2ccccc2)c(NC(=O)O[C@H]2CC[C@H](N)CC2)c1. The van der Waals surface area contributed by atoms with Crippen LogP contribution >= 0.6 is 0 Å². The van der Waals surface area contributed by atoms with Gasteiger partial charge in [0.05, 0.1) is 29.9 Å². The molecule has 2 aromatic heterocycles. The second-order valence-electron chi connectivity index (χ2n) is 18.2. The summed E-state index contributed by atoms with van der Waals surface area (Å²) < 4.78 is 26.1. The van der Waals surface area contributed by atoms with E-state index < -0.39 is 26.3 Å². The number of pyridine rings is 1. The largest absolute Gasteiger partial charge is 0.506 e. The number of nitrogens with one attached hydrogen (secondary N) is 3.